The normalized spacial score (nSPS) is 10.4. The molecule has 0 saturated heterocycles. The summed E-state index contributed by atoms with van der Waals surface area (Å²) in [6.45, 7) is 7.18. The summed E-state index contributed by atoms with van der Waals surface area (Å²) in [6, 6.07) is 12.7. The Morgan fingerprint density at radius 1 is 0.903 bits per heavy atom. The van der Waals surface area contributed by atoms with Crippen LogP contribution in [-0.2, 0) is 6.61 Å². The molecular formula is C22H25N3O5S. The number of hydrogen-bond donors (Lipinski definition) is 1. The van der Waals surface area contributed by atoms with Gasteiger partial charge in [0.15, 0.2) is 16.5 Å². The predicted molar refractivity (Wildman–Crippen MR) is 119 cm³/mol. The van der Waals surface area contributed by atoms with Gasteiger partial charge in [-0.25, -0.2) is 0 Å². The van der Waals surface area contributed by atoms with Crippen molar-refractivity contribution in [1.82, 2.24) is 10.2 Å². The molecule has 0 aliphatic rings. The lowest BCUT2D eigenvalue weighted by Gasteiger charge is -2.16. The highest BCUT2D eigenvalue weighted by molar-refractivity contribution is 7.15. The number of carbonyl (C=O) groups excluding carboxylic acids is 1. The molecule has 0 radical (unpaired) electrons. The fourth-order valence-corrected chi connectivity index (χ4v) is 3.36. The van der Waals surface area contributed by atoms with Crippen LogP contribution in [0, 0.1) is 0 Å². The molecule has 0 bridgehead atoms. The van der Waals surface area contributed by atoms with Gasteiger partial charge in [0.2, 0.25) is 10.9 Å². The van der Waals surface area contributed by atoms with E-state index in [0.29, 0.717) is 52.8 Å². The Labute approximate surface area is 185 Å². The van der Waals surface area contributed by atoms with Crippen molar-refractivity contribution in [3.63, 3.8) is 0 Å². The van der Waals surface area contributed by atoms with Gasteiger partial charge in [-0.1, -0.05) is 29.5 Å². The van der Waals surface area contributed by atoms with E-state index in [2.05, 4.69) is 15.5 Å². The number of ether oxygens (including phenoxy) is 4. The van der Waals surface area contributed by atoms with E-state index in [1.807, 2.05) is 51.1 Å². The van der Waals surface area contributed by atoms with E-state index in [1.165, 1.54) is 11.3 Å². The number of para-hydroxylation sites is 1. The fraction of sp³-hybridized carbons (Fsp3) is 0.318. The van der Waals surface area contributed by atoms with Crippen LogP contribution in [0.5, 0.6) is 23.0 Å². The minimum atomic E-state index is -0.350. The third kappa shape index (κ3) is 6.08. The summed E-state index contributed by atoms with van der Waals surface area (Å²) in [5.41, 5.74) is 0.368. The highest BCUT2D eigenvalue weighted by Gasteiger charge is 2.19. The second-order valence-corrected chi connectivity index (χ2v) is 7.22. The lowest BCUT2D eigenvalue weighted by Crippen LogP contribution is -2.13. The zero-order valence-corrected chi connectivity index (χ0v) is 18.5. The van der Waals surface area contributed by atoms with Crippen LogP contribution >= 0.6 is 11.3 Å². The molecule has 0 atom stereocenters. The Morgan fingerprint density at radius 3 is 2.16 bits per heavy atom. The minimum Gasteiger partial charge on any atom is -0.490 e. The fourth-order valence-electron chi connectivity index (χ4n) is 2.71. The smallest absolute Gasteiger partial charge is 0.257 e. The summed E-state index contributed by atoms with van der Waals surface area (Å²) in [6.07, 6.45) is 0. The first-order chi connectivity index (χ1) is 15.1. The van der Waals surface area contributed by atoms with Crippen molar-refractivity contribution in [3.05, 3.63) is 53.0 Å². The Kier molecular flexibility index (Phi) is 8.05. The van der Waals surface area contributed by atoms with Crippen LogP contribution in [0.4, 0.5) is 5.13 Å². The average Bonchev–Trinajstić information content (AvgIpc) is 3.22. The van der Waals surface area contributed by atoms with Crippen LogP contribution in [0.3, 0.4) is 0 Å². The van der Waals surface area contributed by atoms with E-state index in [9.17, 15) is 4.79 Å². The van der Waals surface area contributed by atoms with Gasteiger partial charge in [-0.05, 0) is 45.0 Å². The van der Waals surface area contributed by atoms with Crippen molar-refractivity contribution in [1.29, 1.82) is 0 Å². The number of aromatic nitrogens is 2. The SMILES string of the molecule is CCOc1cc(C(=O)Nc2nnc(COc3ccccc3)s2)cc(OCC)c1OCC. The number of anilines is 1. The maximum Gasteiger partial charge on any atom is 0.257 e. The van der Waals surface area contributed by atoms with Gasteiger partial charge in [0.25, 0.3) is 5.91 Å². The van der Waals surface area contributed by atoms with Crippen molar-refractivity contribution in [2.24, 2.45) is 0 Å². The van der Waals surface area contributed by atoms with Gasteiger partial charge < -0.3 is 18.9 Å². The molecule has 3 rings (SSSR count). The quantitative estimate of drug-likeness (QED) is 0.464. The van der Waals surface area contributed by atoms with Crippen LogP contribution in [0.1, 0.15) is 36.1 Å². The number of benzene rings is 2. The number of rotatable bonds is 11. The third-order valence-corrected chi connectivity index (χ3v) is 4.78. The van der Waals surface area contributed by atoms with Gasteiger partial charge in [0.1, 0.15) is 12.4 Å². The standard InChI is InChI=1S/C22H25N3O5S/c1-4-27-17-12-15(13-18(28-5-2)20(17)29-6-3)21(26)23-22-25-24-19(31-22)14-30-16-10-8-7-9-11-16/h7-13H,4-6,14H2,1-3H3,(H,23,25,26). The Morgan fingerprint density at radius 2 is 1.55 bits per heavy atom. The van der Waals surface area contributed by atoms with Crippen molar-refractivity contribution in [2.75, 3.05) is 25.1 Å². The van der Waals surface area contributed by atoms with Crippen LogP contribution in [0.2, 0.25) is 0 Å². The Hall–Kier alpha value is -3.33. The number of hydrogen-bond acceptors (Lipinski definition) is 8. The van der Waals surface area contributed by atoms with E-state index >= 15 is 0 Å². The molecule has 8 nitrogen and oxygen atoms in total. The summed E-state index contributed by atoms with van der Waals surface area (Å²) in [5.74, 6) is 1.78. The summed E-state index contributed by atoms with van der Waals surface area (Å²) in [5, 5.41) is 11.9. The third-order valence-electron chi connectivity index (χ3n) is 3.96. The van der Waals surface area contributed by atoms with Gasteiger partial charge in [0.05, 0.1) is 19.8 Å². The highest BCUT2D eigenvalue weighted by atomic mass is 32.1. The summed E-state index contributed by atoms with van der Waals surface area (Å²) in [4.78, 5) is 12.8. The first-order valence-corrected chi connectivity index (χ1v) is 10.8. The van der Waals surface area contributed by atoms with Crippen molar-refractivity contribution >= 4 is 22.4 Å². The van der Waals surface area contributed by atoms with Crippen LogP contribution in [-0.4, -0.2) is 35.9 Å². The highest BCUT2D eigenvalue weighted by Crippen LogP contribution is 2.39. The second kappa shape index (κ2) is 11.2. The minimum absolute atomic E-state index is 0.267. The molecule has 0 unspecified atom stereocenters. The predicted octanol–water partition coefficient (Wildman–Crippen LogP) is 4.57. The summed E-state index contributed by atoms with van der Waals surface area (Å²) < 4.78 is 22.7. The first-order valence-electron chi connectivity index (χ1n) is 10.0. The van der Waals surface area contributed by atoms with Crippen molar-refractivity contribution < 1.29 is 23.7 Å². The van der Waals surface area contributed by atoms with Gasteiger partial charge in [-0.3, -0.25) is 10.1 Å². The molecule has 164 valence electrons. The molecule has 0 aliphatic heterocycles. The van der Waals surface area contributed by atoms with E-state index in [1.54, 1.807) is 12.1 Å². The summed E-state index contributed by atoms with van der Waals surface area (Å²) in [7, 11) is 0. The van der Waals surface area contributed by atoms with Crippen LogP contribution in [0.25, 0.3) is 0 Å². The average molecular weight is 444 g/mol. The Bertz CT molecular complexity index is 967. The van der Waals surface area contributed by atoms with Crippen molar-refractivity contribution in [3.8, 4) is 23.0 Å². The number of carbonyl (C=O) groups is 1. The van der Waals surface area contributed by atoms with E-state index < -0.39 is 0 Å². The van der Waals surface area contributed by atoms with Crippen LogP contribution in [0.15, 0.2) is 42.5 Å². The molecule has 0 saturated carbocycles. The molecule has 1 amide bonds. The lowest BCUT2D eigenvalue weighted by atomic mass is 10.1. The van der Waals surface area contributed by atoms with Gasteiger partial charge >= 0.3 is 0 Å². The zero-order chi connectivity index (χ0) is 22.1. The van der Waals surface area contributed by atoms with Crippen LogP contribution < -0.4 is 24.3 Å². The maximum absolute atomic E-state index is 12.8. The summed E-state index contributed by atoms with van der Waals surface area (Å²) >= 11 is 1.25. The molecule has 1 aromatic heterocycles. The molecule has 0 aliphatic carbocycles. The molecular weight excluding hydrogens is 418 g/mol. The molecule has 3 aromatic rings. The largest absolute Gasteiger partial charge is 0.490 e. The molecule has 1 N–H and O–H groups in total. The van der Waals surface area contributed by atoms with Gasteiger partial charge in [-0.15, -0.1) is 10.2 Å². The second-order valence-electron chi connectivity index (χ2n) is 6.16. The van der Waals surface area contributed by atoms with Crippen molar-refractivity contribution in [2.45, 2.75) is 27.4 Å². The van der Waals surface area contributed by atoms with E-state index in [4.69, 9.17) is 18.9 Å². The maximum atomic E-state index is 12.8. The molecule has 9 heteroatoms. The molecule has 0 spiro atoms. The molecule has 2 aromatic carbocycles. The van der Waals surface area contributed by atoms with E-state index in [0.717, 1.165) is 5.75 Å². The van der Waals surface area contributed by atoms with Gasteiger partial charge in [0, 0.05) is 5.56 Å². The zero-order valence-electron chi connectivity index (χ0n) is 17.7. The number of amides is 1. The molecule has 0 fully saturated rings. The Balaban J connectivity index is 1.73. The topological polar surface area (TPSA) is 91.8 Å². The first kappa shape index (κ1) is 22.4. The lowest BCUT2D eigenvalue weighted by molar-refractivity contribution is 0.102. The van der Waals surface area contributed by atoms with Gasteiger partial charge in [-0.2, -0.15) is 0 Å². The number of nitrogens with zero attached hydrogens (tertiary/aromatic N) is 2. The molecule has 31 heavy (non-hydrogen) atoms. The number of nitrogens with one attached hydrogen (secondary N) is 1. The van der Waals surface area contributed by atoms with E-state index in [-0.39, 0.29) is 12.5 Å². The monoisotopic (exact) mass is 443 g/mol. The molecule has 1 heterocycles.